The van der Waals surface area contributed by atoms with Gasteiger partial charge in [-0.15, -0.1) is 0 Å². The van der Waals surface area contributed by atoms with Crippen LogP contribution in [0.5, 0.6) is 5.88 Å². The maximum absolute atomic E-state index is 14.7. The van der Waals surface area contributed by atoms with E-state index >= 15 is 0 Å². The van der Waals surface area contributed by atoms with Crippen molar-refractivity contribution >= 4 is 11.0 Å². The van der Waals surface area contributed by atoms with Gasteiger partial charge < -0.3 is 9.72 Å². The number of nitrogens with zero attached hydrogens (tertiary/aromatic N) is 4. The molecular formula is C20H18FN5O. The predicted molar refractivity (Wildman–Crippen MR) is 100 cm³/mol. The zero-order valence-corrected chi connectivity index (χ0v) is 15.0. The van der Waals surface area contributed by atoms with Gasteiger partial charge >= 0.3 is 0 Å². The molecule has 0 bridgehead atoms. The molecule has 4 heterocycles. The molecule has 7 heteroatoms. The molecule has 0 saturated carbocycles. The van der Waals surface area contributed by atoms with Gasteiger partial charge in [-0.1, -0.05) is 12.1 Å². The minimum Gasteiger partial charge on any atom is -0.477 e. The van der Waals surface area contributed by atoms with E-state index in [0.29, 0.717) is 41.5 Å². The number of pyridine rings is 2. The van der Waals surface area contributed by atoms with Gasteiger partial charge in [0.15, 0.2) is 0 Å². The lowest BCUT2D eigenvalue weighted by Gasteiger charge is -2.07. The van der Waals surface area contributed by atoms with Crippen LogP contribution in [0.3, 0.4) is 0 Å². The van der Waals surface area contributed by atoms with Crippen LogP contribution >= 0.6 is 0 Å². The Bertz CT molecular complexity index is 1110. The first kappa shape index (κ1) is 17.1. The zero-order chi connectivity index (χ0) is 18.8. The lowest BCUT2D eigenvalue weighted by atomic mass is 10.1. The molecule has 0 fully saturated rings. The van der Waals surface area contributed by atoms with E-state index in [9.17, 15) is 4.39 Å². The van der Waals surface area contributed by atoms with Gasteiger partial charge in [-0.3, -0.25) is 4.98 Å². The standard InChI is InChI=1S/C20H18FN5O/c1-3-27-20-17-14(10-22-19(17)23-11-24-20)9-13-7-8-16(26-18(13)21)15-6-4-5-12(2)25-15/h4-8,10-11H,3,9H2,1-2H3,(H,22,23,24). The Hall–Kier alpha value is -3.35. The number of fused-ring (bicyclic) bond motifs is 1. The third-order valence-corrected chi connectivity index (χ3v) is 4.26. The molecule has 136 valence electrons. The number of nitrogens with one attached hydrogen (secondary N) is 1. The van der Waals surface area contributed by atoms with Gasteiger partial charge in [0.2, 0.25) is 11.8 Å². The molecule has 1 N–H and O–H groups in total. The number of hydrogen-bond donors (Lipinski definition) is 1. The number of aromatic nitrogens is 5. The second-order valence-electron chi connectivity index (χ2n) is 6.14. The van der Waals surface area contributed by atoms with Crippen LogP contribution in [0.25, 0.3) is 22.4 Å². The highest BCUT2D eigenvalue weighted by atomic mass is 19.1. The normalized spacial score (nSPS) is 11.1. The summed E-state index contributed by atoms with van der Waals surface area (Å²) in [6, 6.07) is 9.12. The van der Waals surface area contributed by atoms with Gasteiger partial charge in [-0.25, -0.2) is 15.0 Å². The van der Waals surface area contributed by atoms with E-state index in [-0.39, 0.29) is 0 Å². The summed E-state index contributed by atoms with van der Waals surface area (Å²) in [4.78, 5) is 20.0. The van der Waals surface area contributed by atoms with Crippen molar-refractivity contribution < 1.29 is 9.13 Å². The Balaban J connectivity index is 1.68. The molecule has 0 aliphatic rings. The Morgan fingerprint density at radius 2 is 1.89 bits per heavy atom. The molecule has 0 aromatic carbocycles. The molecule has 0 atom stereocenters. The number of rotatable bonds is 5. The molecule has 6 nitrogen and oxygen atoms in total. The number of aromatic amines is 1. The largest absolute Gasteiger partial charge is 0.477 e. The summed E-state index contributed by atoms with van der Waals surface area (Å²) in [5.74, 6) is -0.0207. The lowest BCUT2D eigenvalue weighted by Crippen LogP contribution is -2.00. The average molecular weight is 363 g/mol. The number of aryl methyl sites for hydroxylation is 1. The SMILES string of the molecule is CCOc1ncnc2[nH]cc(Cc3ccc(-c4cccc(C)n4)nc3F)c12. The van der Waals surface area contributed by atoms with E-state index in [4.69, 9.17) is 4.74 Å². The third-order valence-electron chi connectivity index (χ3n) is 4.26. The molecule has 0 aliphatic carbocycles. The highest BCUT2D eigenvalue weighted by molar-refractivity contribution is 5.85. The summed E-state index contributed by atoms with van der Waals surface area (Å²) < 4.78 is 20.3. The fraction of sp³-hybridized carbons (Fsp3) is 0.200. The third kappa shape index (κ3) is 3.36. The quantitative estimate of drug-likeness (QED) is 0.545. The summed E-state index contributed by atoms with van der Waals surface area (Å²) in [5, 5.41) is 0.767. The predicted octanol–water partition coefficient (Wildman–Crippen LogP) is 3.85. The van der Waals surface area contributed by atoms with Gasteiger partial charge in [0.25, 0.3) is 0 Å². The first-order valence-corrected chi connectivity index (χ1v) is 8.69. The van der Waals surface area contributed by atoms with Crippen molar-refractivity contribution in [1.29, 1.82) is 0 Å². The van der Waals surface area contributed by atoms with Gasteiger partial charge in [0, 0.05) is 23.9 Å². The van der Waals surface area contributed by atoms with E-state index in [1.165, 1.54) is 6.33 Å². The molecule has 0 spiro atoms. The van der Waals surface area contributed by atoms with Gasteiger partial charge in [0.05, 0.1) is 23.4 Å². The van der Waals surface area contributed by atoms with Crippen LogP contribution in [0, 0.1) is 12.9 Å². The fourth-order valence-corrected chi connectivity index (χ4v) is 3.01. The first-order valence-electron chi connectivity index (χ1n) is 8.69. The molecule has 4 aromatic rings. The van der Waals surface area contributed by atoms with Crippen molar-refractivity contribution in [3.63, 3.8) is 0 Å². The molecule has 0 saturated heterocycles. The van der Waals surface area contributed by atoms with E-state index in [1.54, 1.807) is 18.3 Å². The van der Waals surface area contributed by atoms with E-state index < -0.39 is 5.95 Å². The lowest BCUT2D eigenvalue weighted by molar-refractivity contribution is 0.330. The second-order valence-corrected chi connectivity index (χ2v) is 6.14. The van der Waals surface area contributed by atoms with Crippen molar-refractivity contribution in [3.8, 4) is 17.3 Å². The monoisotopic (exact) mass is 363 g/mol. The summed E-state index contributed by atoms with van der Waals surface area (Å²) in [5.41, 5.74) is 4.03. The van der Waals surface area contributed by atoms with Crippen molar-refractivity contribution in [2.75, 3.05) is 6.61 Å². The van der Waals surface area contributed by atoms with Crippen LogP contribution in [0.1, 0.15) is 23.7 Å². The summed E-state index contributed by atoms with van der Waals surface area (Å²) in [6.45, 7) is 4.27. The summed E-state index contributed by atoms with van der Waals surface area (Å²) >= 11 is 0. The van der Waals surface area contributed by atoms with Gasteiger partial charge in [0.1, 0.15) is 12.0 Å². The van der Waals surface area contributed by atoms with Crippen LogP contribution in [-0.4, -0.2) is 31.5 Å². The molecule has 0 aliphatic heterocycles. The van der Waals surface area contributed by atoms with Crippen molar-refractivity contribution in [2.24, 2.45) is 0 Å². The number of ether oxygens (including phenoxy) is 1. The molecule has 4 aromatic heterocycles. The van der Waals surface area contributed by atoms with Gasteiger partial charge in [-0.2, -0.15) is 4.39 Å². The molecule has 27 heavy (non-hydrogen) atoms. The maximum atomic E-state index is 14.7. The van der Waals surface area contributed by atoms with Crippen LogP contribution in [0.4, 0.5) is 4.39 Å². The van der Waals surface area contributed by atoms with Gasteiger partial charge in [-0.05, 0) is 37.6 Å². The van der Waals surface area contributed by atoms with Crippen molar-refractivity contribution in [2.45, 2.75) is 20.3 Å². The molecule has 0 amide bonds. The van der Waals surface area contributed by atoms with E-state index in [1.807, 2.05) is 32.0 Å². The Morgan fingerprint density at radius 1 is 1.04 bits per heavy atom. The maximum Gasteiger partial charge on any atom is 0.226 e. The Labute approximate surface area is 155 Å². The second kappa shape index (κ2) is 7.11. The van der Waals surface area contributed by atoms with Crippen molar-refractivity contribution in [3.05, 3.63) is 65.6 Å². The minimum absolute atomic E-state index is 0.355. The van der Waals surface area contributed by atoms with Crippen molar-refractivity contribution in [1.82, 2.24) is 24.9 Å². The summed E-state index contributed by atoms with van der Waals surface area (Å²) in [6.07, 6.45) is 3.60. The Kier molecular flexibility index (Phi) is 4.50. The smallest absolute Gasteiger partial charge is 0.226 e. The number of H-pyrrole nitrogens is 1. The number of halogens is 1. The minimum atomic E-state index is -0.514. The zero-order valence-electron chi connectivity index (χ0n) is 15.0. The fourth-order valence-electron chi connectivity index (χ4n) is 3.01. The van der Waals surface area contributed by atoms with E-state index in [2.05, 4.69) is 24.9 Å². The highest BCUT2D eigenvalue weighted by Gasteiger charge is 2.15. The summed E-state index contributed by atoms with van der Waals surface area (Å²) in [7, 11) is 0. The Morgan fingerprint density at radius 3 is 2.67 bits per heavy atom. The molecule has 4 rings (SSSR count). The van der Waals surface area contributed by atoms with Crippen LogP contribution in [-0.2, 0) is 6.42 Å². The molecule has 0 radical (unpaired) electrons. The van der Waals surface area contributed by atoms with Crippen LogP contribution in [0.15, 0.2) is 42.9 Å². The van der Waals surface area contributed by atoms with Crippen LogP contribution in [0.2, 0.25) is 0 Å². The average Bonchev–Trinajstić information content (AvgIpc) is 3.08. The first-order chi connectivity index (χ1) is 13.2. The topological polar surface area (TPSA) is 76.6 Å². The van der Waals surface area contributed by atoms with Crippen LogP contribution < -0.4 is 4.74 Å². The van der Waals surface area contributed by atoms with E-state index in [0.717, 1.165) is 16.6 Å². The molecular weight excluding hydrogens is 345 g/mol. The number of hydrogen-bond acceptors (Lipinski definition) is 5. The molecule has 0 unspecified atom stereocenters. The highest BCUT2D eigenvalue weighted by Crippen LogP contribution is 2.28.